The lowest BCUT2D eigenvalue weighted by Gasteiger charge is -2.27. The van der Waals surface area contributed by atoms with E-state index < -0.39 is 0 Å². The second kappa shape index (κ2) is 11.0. The molecule has 4 nitrogen and oxygen atoms in total. The molecule has 0 saturated heterocycles. The first-order valence-corrected chi connectivity index (χ1v) is 19.2. The first kappa shape index (κ1) is 29.2. The van der Waals surface area contributed by atoms with Crippen molar-refractivity contribution in [2.45, 2.75) is 18.9 Å². The van der Waals surface area contributed by atoms with Crippen LogP contribution in [0.4, 0.5) is 5.69 Å². The number of nitrogens with one attached hydrogen (secondary N) is 1. The van der Waals surface area contributed by atoms with Gasteiger partial charge in [0.25, 0.3) is 0 Å². The van der Waals surface area contributed by atoms with E-state index in [9.17, 15) is 0 Å². The average molecular weight is 697 g/mol. The van der Waals surface area contributed by atoms with Crippen LogP contribution in [0, 0.1) is 0 Å². The molecule has 250 valence electrons. The molecule has 0 bridgehead atoms. The fraction of sp³-hybridized carbons (Fsp3) is 0.0625. The van der Waals surface area contributed by atoms with Crippen LogP contribution in [-0.2, 0) is 6.42 Å². The fourth-order valence-corrected chi connectivity index (χ4v) is 10.3. The number of thiophene rings is 1. The molecule has 1 aliphatic carbocycles. The monoisotopic (exact) mass is 696 g/mol. The molecule has 1 aliphatic heterocycles. The largest absolute Gasteiger partial charge is 0.343 e. The lowest BCUT2D eigenvalue weighted by Crippen LogP contribution is -2.36. The number of aromatic nitrogens is 2. The molecular formula is C48H32N4S. The minimum absolute atomic E-state index is 0.102. The summed E-state index contributed by atoms with van der Waals surface area (Å²) in [5.41, 5.74) is 11.0. The van der Waals surface area contributed by atoms with Crippen molar-refractivity contribution in [2.24, 2.45) is 4.99 Å². The molecule has 4 heterocycles. The zero-order chi connectivity index (χ0) is 34.6. The van der Waals surface area contributed by atoms with E-state index >= 15 is 0 Å². The van der Waals surface area contributed by atoms with Gasteiger partial charge in [-0.1, -0.05) is 109 Å². The van der Waals surface area contributed by atoms with Gasteiger partial charge < -0.3 is 9.88 Å². The fourth-order valence-electron chi connectivity index (χ4n) is 9.04. The molecule has 0 saturated carbocycles. The van der Waals surface area contributed by atoms with Crippen molar-refractivity contribution in [1.82, 2.24) is 14.5 Å². The first-order chi connectivity index (χ1) is 26.3. The summed E-state index contributed by atoms with van der Waals surface area (Å²) in [6, 6.07) is 53.2. The summed E-state index contributed by atoms with van der Waals surface area (Å²) in [7, 11) is 0. The highest BCUT2D eigenvalue weighted by Gasteiger charge is 2.31. The van der Waals surface area contributed by atoms with Crippen molar-refractivity contribution in [3.05, 3.63) is 173 Å². The van der Waals surface area contributed by atoms with Crippen LogP contribution in [0.3, 0.4) is 0 Å². The highest BCUT2D eigenvalue weighted by atomic mass is 32.1. The number of benzene rings is 7. The number of para-hydroxylation sites is 2. The Balaban J connectivity index is 1.13. The van der Waals surface area contributed by atoms with Gasteiger partial charge in [-0.15, -0.1) is 11.3 Å². The highest BCUT2D eigenvalue weighted by Crippen LogP contribution is 2.47. The van der Waals surface area contributed by atoms with Gasteiger partial charge in [-0.05, 0) is 88.8 Å². The summed E-state index contributed by atoms with van der Waals surface area (Å²) < 4.78 is 6.06. The molecule has 5 heteroatoms. The normalized spacial score (nSPS) is 15.4. The third-order valence-corrected chi connectivity index (χ3v) is 12.6. The summed E-state index contributed by atoms with van der Waals surface area (Å²) in [6.07, 6.45) is 6.69. The Labute approximate surface area is 309 Å². The number of fused-ring (bicyclic) bond motifs is 12. The Morgan fingerprint density at radius 2 is 1.36 bits per heavy atom. The Bertz CT molecular complexity index is 3210. The Kier molecular flexibility index (Phi) is 6.08. The molecule has 0 fully saturated rings. The number of hydrogen-bond donors (Lipinski definition) is 1. The SMILES string of the molecule is C1=Cc2ccc3c(c2CC1)c1cc2ccccc2cc1n3C1=Nc2c(sc3ccccc23)C(c2ccc3c4ccccc4n(-c4ccccc4)c3c2)N1. The Hall–Kier alpha value is -6.43. The van der Waals surface area contributed by atoms with Crippen molar-refractivity contribution in [1.29, 1.82) is 0 Å². The molecule has 1 atom stereocenters. The van der Waals surface area contributed by atoms with Crippen LogP contribution >= 0.6 is 11.3 Å². The molecule has 10 aromatic rings. The van der Waals surface area contributed by atoms with Crippen LogP contribution in [0.2, 0.25) is 0 Å². The number of nitrogens with zero attached hydrogens (tertiary/aromatic N) is 3. The molecule has 2 aliphatic rings. The predicted octanol–water partition coefficient (Wildman–Crippen LogP) is 12.4. The highest BCUT2D eigenvalue weighted by molar-refractivity contribution is 7.19. The van der Waals surface area contributed by atoms with Crippen LogP contribution in [0.25, 0.3) is 76.2 Å². The maximum atomic E-state index is 5.57. The second-order valence-electron chi connectivity index (χ2n) is 14.3. The molecule has 3 aromatic heterocycles. The third kappa shape index (κ3) is 4.20. The van der Waals surface area contributed by atoms with Crippen molar-refractivity contribution in [3.8, 4) is 5.69 Å². The smallest absolute Gasteiger partial charge is 0.209 e. The van der Waals surface area contributed by atoms with E-state index in [1.807, 2.05) is 11.3 Å². The molecule has 1 N–H and O–H groups in total. The predicted molar refractivity (Wildman–Crippen MR) is 224 cm³/mol. The van der Waals surface area contributed by atoms with Crippen molar-refractivity contribution in [3.63, 3.8) is 0 Å². The summed E-state index contributed by atoms with van der Waals surface area (Å²) in [6.45, 7) is 0. The van der Waals surface area contributed by atoms with E-state index in [0.717, 1.165) is 30.2 Å². The summed E-state index contributed by atoms with van der Waals surface area (Å²) >= 11 is 1.85. The lowest BCUT2D eigenvalue weighted by atomic mass is 9.92. The molecular weight excluding hydrogens is 665 g/mol. The Morgan fingerprint density at radius 3 is 2.26 bits per heavy atom. The van der Waals surface area contributed by atoms with Gasteiger partial charge in [0.2, 0.25) is 5.96 Å². The average Bonchev–Trinajstić information content (AvgIpc) is 3.87. The molecule has 0 amide bonds. The van der Waals surface area contributed by atoms with Gasteiger partial charge in [0, 0.05) is 37.3 Å². The number of hydrogen-bond acceptors (Lipinski definition) is 3. The maximum absolute atomic E-state index is 5.57. The zero-order valence-electron chi connectivity index (χ0n) is 28.8. The van der Waals surface area contributed by atoms with E-state index in [1.54, 1.807) is 0 Å². The third-order valence-electron chi connectivity index (χ3n) is 11.4. The van der Waals surface area contributed by atoms with E-state index in [0.29, 0.717) is 0 Å². The Morgan fingerprint density at radius 1 is 0.604 bits per heavy atom. The van der Waals surface area contributed by atoms with Gasteiger partial charge >= 0.3 is 0 Å². The number of aryl methyl sites for hydroxylation is 1. The van der Waals surface area contributed by atoms with Crippen LogP contribution in [0.1, 0.15) is 34.0 Å². The number of allylic oxidation sites excluding steroid dienone is 1. The van der Waals surface area contributed by atoms with E-state index in [-0.39, 0.29) is 6.04 Å². The van der Waals surface area contributed by atoms with Gasteiger partial charge in [0.05, 0.1) is 38.7 Å². The van der Waals surface area contributed by atoms with Gasteiger partial charge in [-0.25, -0.2) is 4.99 Å². The summed E-state index contributed by atoms with van der Waals surface area (Å²) in [4.78, 5) is 6.81. The topological polar surface area (TPSA) is 34.2 Å². The summed E-state index contributed by atoms with van der Waals surface area (Å²) in [5, 5.41) is 12.9. The molecule has 0 radical (unpaired) electrons. The van der Waals surface area contributed by atoms with Crippen LogP contribution in [-0.4, -0.2) is 15.1 Å². The number of rotatable bonds is 2. The van der Waals surface area contributed by atoms with E-state index in [1.165, 1.54) is 86.0 Å². The minimum Gasteiger partial charge on any atom is -0.343 e. The van der Waals surface area contributed by atoms with E-state index in [2.05, 4.69) is 172 Å². The minimum atomic E-state index is -0.102. The van der Waals surface area contributed by atoms with Crippen molar-refractivity contribution in [2.75, 3.05) is 0 Å². The van der Waals surface area contributed by atoms with E-state index in [4.69, 9.17) is 4.99 Å². The molecule has 53 heavy (non-hydrogen) atoms. The van der Waals surface area contributed by atoms with Crippen molar-refractivity contribution < 1.29 is 0 Å². The zero-order valence-corrected chi connectivity index (χ0v) is 29.6. The second-order valence-corrected chi connectivity index (χ2v) is 15.4. The molecule has 7 aromatic carbocycles. The molecule has 12 rings (SSSR count). The van der Waals surface area contributed by atoms with Gasteiger partial charge in [0.15, 0.2) is 0 Å². The van der Waals surface area contributed by atoms with Gasteiger partial charge in [0.1, 0.15) is 0 Å². The van der Waals surface area contributed by atoms with Crippen molar-refractivity contribution >= 4 is 93.5 Å². The lowest BCUT2D eigenvalue weighted by molar-refractivity contribution is 0.747. The standard InChI is InChI=1S/C48H32N4S/c1-2-15-33(16-3-1)51-39-20-10-8-18-35(39)36-24-22-32(28-41(36)51)45-47-46(37-19-9-11-21-43(37)53-47)50-48(49-45)52-40-25-23-29-12-6-7-17-34(29)44(40)38-26-30-13-4-5-14-31(30)27-42(38)52/h1-6,8-16,18-28,45H,7,17H2,(H,49,50). The number of aliphatic imine (C=N–C) groups is 1. The quantitative estimate of drug-likeness (QED) is 0.192. The first-order valence-electron chi connectivity index (χ1n) is 18.4. The van der Waals surface area contributed by atoms with Crippen LogP contribution < -0.4 is 5.32 Å². The molecule has 1 unspecified atom stereocenters. The van der Waals surface area contributed by atoms with Gasteiger partial charge in [-0.3, -0.25) is 4.57 Å². The van der Waals surface area contributed by atoms with Crippen LogP contribution in [0.15, 0.2) is 157 Å². The molecule has 0 spiro atoms. The van der Waals surface area contributed by atoms with Crippen LogP contribution in [0.5, 0.6) is 0 Å². The maximum Gasteiger partial charge on any atom is 0.209 e. The summed E-state index contributed by atoms with van der Waals surface area (Å²) in [5.74, 6) is 0.858. The van der Waals surface area contributed by atoms with Gasteiger partial charge in [-0.2, -0.15) is 0 Å².